The summed E-state index contributed by atoms with van der Waals surface area (Å²) in [4.78, 5) is 52.8. The topological polar surface area (TPSA) is 124 Å². The fourth-order valence-electron chi connectivity index (χ4n) is 5.38. The molecule has 0 heterocycles. The molecule has 0 radical (unpaired) electrons. The lowest BCUT2D eigenvalue weighted by molar-refractivity contribution is -0.143. The second kappa shape index (κ2) is 13.8. The van der Waals surface area contributed by atoms with Gasteiger partial charge in [-0.15, -0.1) is 0 Å². The van der Waals surface area contributed by atoms with Gasteiger partial charge in [-0.05, 0) is 102 Å². The van der Waals surface area contributed by atoms with Crippen LogP contribution < -0.4 is 4.74 Å². The number of hydrogen-bond acceptors (Lipinski definition) is 8. The van der Waals surface area contributed by atoms with Crippen LogP contribution in [0.4, 0.5) is 0 Å². The molecule has 3 aromatic rings. The zero-order valence-electron chi connectivity index (χ0n) is 26.7. The molecule has 0 amide bonds. The molecule has 0 fully saturated rings. The zero-order chi connectivity index (χ0) is 33.0. The predicted octanol–water partition coefficient (Wildman–Crippen LogP) is 6.85. The van der Waals surface area contributed by atoms with Crippen LogP contribution >= 0.6 is 7.14 Å². The van der Waals surface area contributed by atoms with Gasteiger partial charge in [0.05, 0.1) is 6.42 Å². The van der Waals surface area contributed by atoms with E-state index in [1.807, 2.05) is 38.1 Å². The van der Waals surface area contributed by atoms with E-state index in [2.05, 4.69) is 0 Å². The van der Waals surface area contributed by atoms with E-state index in [0.29, 0.717) is 33.6 Å². The normalized spacial score (nSPS) is 11.7. The summed E-state index contributed by atoms with van der Waals surface area (Å²) in [5, 5.41) is 9.89. The highest BCUT2D eigenvalue weighted by Gasteiger charge is 2.43. The van der Waals surface area contributed by atoms with Crippen LogP contribution in [0.5, 0.6) is 5.75 Å². The summed E-state index contributed by atoms with van der Waals surface area (Å²) in [6.07, 6.45) is -0.850. The first-order valence-electron chi connectivity index (χ1n) is 14.5. The van der Waals surface area contributed by atoms with Crippen molar-refractivity contribution in [3.05, 3.63) is 98.6 Å². The number of carbonyl (C=O) groups excluding carboxylic acids is 4. The molecule has 44 heavy (non-hydrogen) atoms. The van der Waals surface area contributed by atoms with Gasteiger partial charge in [0.15, 0.2) is 5.78 Å². The third kappa shape index (κ3) is 7.99. The average molecular weight is 621 g/mol. The summed E-state index contributed by atoms with van der Waals surface area (Å²) in [5.74, 6) is -0.704. The van der Waals surface area contributed by atoms with Crippen LogP contribution in [0.25, 0.3) is 0 Å². The molecule has 0 saturated carbocycles. The van der Waals surface area contributed by atoms with Crippen molar-refractivity contribution in [1.29, 1.82) is 0 Å². The third-order valence-corrected chi connectivity index (χ3v) is 9.97. The van der Waals surface area contributed by atoms with Gasteiger partial charge < -0.3 is 19.1 Å². The van der Waals surface area contributed by atoms with E-state index in [1.54, 1.807) is 39.8 Å². The van der Waals surface area contributed by atoms with E-state index < -0.39 is 48.1 Å². The van der Waals surface area contributed by atoms with E-state index in [1.165, 1.54) is 26.0 Å². The highest BCUT2D eigenvalue weighted by molar-refractivity contribution is 7.95. The van der Waals surface area contributed by atoms with Gasteiger partial charge in [-0.1, -0.05) is 35.4 Å². The highest BCUT2D eigenvalue weighted by atomic mass is 31.2. The van der Waals surface area contributed by atoms with Crippen LogP contribution in [0.1, 0.15) is 84.7 Å². The van der Waals surface area contributed by atoms with Crippen molar-refractivity contribution in [2.75, 3.05) is 19.4 Å². The van der Waals surface area contributed by atoms with Crippen LogP contribution in [0.15, 0.2) is 48.5 Å². The molecule has 0 atom stereocenters. The van der Waals surface area contributed by atoms with E-state index in [0.717, 1.165) is 11.1 Å². The fraction of sp³-hybridized carbons (Fsp3) is 0.371. The molecule has 0 bridgehead atoms. The second-order valence-corrected chi connectivity index (χ2v) is 14.6. The zero-order valence-corrected chi connectivity index (χ0v) is 27.6. The Morgan fingerprint density at radius 1 is 0.727 bits per heavy atom. The Kier molecular flexibility index (Phi) is 10.9. The van der Waals surface area contributed by atoms with Crippen molar-refractivity contribution in [1.82, 2.24) is 0 Å². The van der Waals surface area contributed by atoms with Gasteiger partial charge >= 0.3 is 5.97 Å². The van der Waals surface area contributed by atoms with E-state index in [9.17, 15) is 28.8 Å². The van der Waals surface area contributed by atoms with Crippen LogP contribution in [-0.4, -0.2) is 52.9 Å². The number of benzene rings is 3. The molecule has 0 aliphatic heterocycles. The predicted molar refractivity (Wildman–Crippen MR) is 171 cm³/mol. The number of Topliss-reactive ketones (excluding diaryl/α,β-unsaturated/α-hetero) is 1. The van der Waals surface area contributed by atoms with Crippen molar-refractivity contribution in [2.24, 2.45) is 0 Å². The second-order valence-electron chi connectivity index (χ2n) is 11.9. The first kappa shape index (κ1) is 34.6. The molecule has 0 unspecified atom stereocenters. The van der Waals surface area contributed by atoms with Crippen LogP contribution in [0.3, 0.4) is 0 Å². The molecule has 0 spiro atoms. The van der Waals surface area contributed by atoms with Gasteiger partial charge in [0.2, 0.25) is 18.2 Å². The molecular weight excluding hydrogens is 579 g/mol. The van der Waals surface area contributed by atoms with Crippen LogP contribution in [0, 0.1) is 41.5 Å². The van der Waals surface area contributed by atoms with Crippen LogP contribution in [0.2, 0.25) is 0 Å². The number of aryl methyl sites for hydroxylation is 6. The summed E-state index contributed by atoms with van der Waals surface area (Å²) >= 11 is 0. The van der Waals surface area contributed by atoms with Crippen molar-refractivity contribution in [3.8, 4) is 5.75 Å². The minimum atomic E-state index is -4.30. The molecule has 0 aliphatic carbocycles. The number of esters is 1. The number of hydrogen-bond donors (Lipinski definition) is 1. The monoisotopic (exact) mass is 620 g/mol. The number of ether oxygens (including phenoxy) is 2. The van der Waals surface area contributed by atoms with Gasteiger partial charge in [-0.25, -0.2) is 0 Å². The fourth-order valence-corrected chi connectivity index (χ4v) is 7.90. The Labute approximate surface area is 259 Å². The van der Waals surface area contributed by atoms with Crippen molar-refractivity contribution < 1.29 is 38.3 Å². The standard InChI is InChI=1S/C35H41O8P/c1-21-17-23(3)30(24(4)18-21)33(38)44(41,34(39)31-25(5)19-22(2)20-26(31)6)16-13-29(36)43-15-14-42-28-11-9-27(10-12-28)32(37)35(7,8)40/h9-12,17-20,40H,13-16H2,1-8H3. The van der Waals surface area contributed by atoms with Crippen molar-refractivity contribution in [3.63, 3.8) is 0 Å². The SMILES string of the molecule is Cc1cc(C)c(C(=O)P(=O)(CCC(=O)OCCOc2ccc(C(=O)C(C)(C)O)cc2)C(=O)c2c(C)cc(C)cc2C)c(C)c1. The molecule has 1 N–H and O–H groups in total. The molecule has 0 aromatic heterocycles. The Balaban J connectivity index is 1.74. The Bertz CT molecular complexity index is 1520. The third-order valence-electron chi connectivity index (χ3n) is 7.36. The molecule has 8 nitrogen and oxygen atoms in total. The largest absolute Gasteiger partial charge is 0.490 e. The minimum absolute atomic E-state index is 0.00353. The highest BCUT2D eigenvalue weighted by Crippen LogP contribution is 2.54. The van der Waals surface area contributed by atoms with Gasteiger partial charge in [-0.2, -0.15) is 0 Å². The maximum atomic E-state index is 14.6. The maximum absolute atomic E-state index is 14.6. The molecule has 3 rings (SSSR count). The Morgan fingerprint density at radius 2 is 1.16 bits per heavy atom. The van der Waals surface area contributed by atoms with E-state index in [4.69, 9.17) is 9.47 Å². The van der Waals surface area contributed by atoms with Gasteiger partial charge in [0.25, 0.3) is 0 Å². The average Bonchev–Trinajstić information content (AvgIpc) is 2.92. The molecule has 9 heteroatoms. The number of rotatable bonds is 13. The molecular formula is C35H41O8P. The van der Waals surface area contributed by atoms with Gasteiger partial charge in [0.1, 0.15) is 24.6 Å². The maximum Gasteiger partial charge on any atom is 0.306 e. The summed E-state index contributed by atoms with van der Waals surface area (Å²) in [6.45, 7) is 13.5. The summed E-state index contributed by atoms with van der Waals surface area (Å²) in [5.41, 5.74) is 2.18. The number of ketones is 1. The lowest BCUT2D eigenvalue weighted by Gasteiger charge is -2.21. The Morgan fingerprint density at radius 3 is 1.57 bits per heavy atom. The first-order valence-corrected chi connectivity index (χ1v) is 16.3. The molecule has 0 aliphatic rings. The van der Waals surface area contributed by atoms with Gasteiger partial charge in [0, 0.05) is 22.9 Å². The number of aliphatic hydroxyl groups is 1. The lowest BCUT2D eigenvalue weighted by Crippen LogP contribution is -2.30. The lowest BCUT2D eigenvalue weighted by atomic mass is 9.97. The van der Waals surface area contributed by atoms with Gasteiger partial charge in [-0.3, -0.25) is 19.2 Å². The quantitative estimate of drug-likeness (QED) is 0.0953. The number of carbonyl (C=O) groups is 4. The molecule has 0 saturated heterocycles. The summed E-state index contributed by atoms with van der Waals surface area (Å²) in [7, 11) is -4.30. The van der Waals surface area contributed by atoms with E-state index >= 15 is 0 Å². The summed E-state index contributed by atoms with van der Waals surface area (Å²) < 4.78 is 25.4. The van der Waals surface area contributed by atoms with Crippen molar-refractivity contribution in [2.45, 2.75) is 67.4 Å². The molecule has 3 aromatic carbocycles. The minimum Gasteiger partial charge on any atom is -0.490 e. The summed E-state index contributed by atoms with van der Waals surface area (Å²) in [6, 6.07) is 13.4. The smallest absolute Gasteiger partial charge is 0.306 e. The molecule has 234 valence electrons. The first-order chi connectivity index (χ1) is 20.5. The Hall–Kier alpha value is -3.87. The van der Waals surface area contributed by atoms with E-state index in [-0.39, 0.29) is 24.3 Å². The van der Waals surface area contributed by atoms with Crippen molar-refractivity contribution >= 4 is 29.9 Å². The van der Waals surface area contributed by atoms with Crippen LogP contribution in [-0.2, 0) is 14.1 Å².